The molecule has 4 heteroatoms. The molecule has 1 heterocycles. The van der Waals surface area contributed by atoms with Crippen LogP contribution in [0.1, 0.15) is 16.7 Å². The molecule has 0 saturated heterocycles. The van der Waals surface area contributed by atoms with Gasteiger partial charge in [-0.3, -0.25) is 4.98 Å². The summed E-state index contributed by atoms with van der Waals surface area (Å²) < 4.78 is 0. The summed E-state index contributed by atoms with van der Waals surface area (Å²) in [7, 11) is 0. The summed E-state index contributed by atoms with van der Waals surface area (Å²) in [4.78, 5) is 4.06. The first-order chi connectivity index (χ1) is 11.7. The third-order valence-corrected chi connectivity index (χ3v) is 4.34. The lowest BCUT2D eigenvalue weighted by molar-refractivity contribution is 1.31. The van der Waals surface area contributed by atoms with E-state index < -0.39 is 0 Å². The van der Waals surface area contributed by atoms with Gasteiger partial charge < -0.3 is 0 Å². The van der Waals surface area contributed by atoms with Gasteiger partial charge in [0.2, 0.25) is 0 Å². The predicted octanol–water partition coefficient (Wildman–Crippen LogP) is 5.87. The van der Waals surface area contributed by atoms with Crippen LogP contribution in [0.25, 0.3) is 11.1 Å². The highest BCUT2D eigenvalue weighted by atomic mass is 35.5. The molecule has 116 valence electrons. The molecule has 0 saturated carbocycles. The number of rotatable bonds is 3. The van der Waals surface area contributed by atoms with Gasteiger partial charge in [0.1, 0.15) is 6.07 Å². The van der Waals surface area contributed by atoms with Gasteiger partial charge in [0, 0.05) is 18.0 Å². The zero-order valence-electron chi connectivity index (χ0n) is 12.6. The van der Waals surface area contributed by atoms with Crippen LogP contribution in [0, 0.1) is 11.3 Å². The van der Waals surface area contributed by atoms with E-state index in [0.717, 1.165) is 22.3 Å². The first-order valence-electron chi connectivity index (χ1n) is 7.26. The molecular weight excluding hydrogens is 339 g/mol. The number of pyridine rings is 1. The summed E-state index contributed by atoms with van der Waals surface area (Å²) in [5.41, 5.74) is 3.96. The summed E-state index contributed by atoms with van der Waals surface area (Å²) in [5.74, 6) is 0. The largest absolute Gasteiger partial charge is 0.265 e. The summed E-state index contributed by atoms with van der Waals surface area (Å²) >= 11 is 12.1. The Bertz CT molecular complexity index is 885. The van der Waals surface area contributed by atoms with E-state index in [9.17, 15) is 5.26 Å². The monoisotopic (exact) mass is 350 g/mol. The lowest BCUT2D eigenvalue weighted by Crippen LogP contribution is -1.94. The second kappa shape index (κ2) is 7.31. The van der Waals surface area contributed by atoms with Gasteiger partial charge in [0.05, 0.1) is 15.6 Å². The van der Waals surface area contributed by atoms with Crippen molar-refractivity contribution in [2.75, 3.05) is 0 Å². The smallest absolute Gasteiger partial charge is 0.100 e. The van der Waals surface area contributed by atoms with Crippen LogP contribution in [0.2, 0.25) is 10.0 Å². The number of nitriles is 1. The topological polar surface area (TPSA) is 36.7 Å². The molecular formula is C20H12Cl2N2. The van der Waals surface area contributed by atoms with Crippen LogP contribution in [-0.4, -0.2) is 4.98 Å². The number of benzene rings is 2. The molecule has 3 aromatic rings. The van der Waals surface area contributed by atoms with Crippen LogP contribution in [0.4, 0.5) is 0 Å². The highest BCUT2D eigenvalue weighted by molar-refractivity contribution is 6.42. The van der Waals surface area contributed by atoms with E-state index in [4.69, 9.17) is 23.2 Å². The molecule has 3 rings (SSSR count). The fraction of sp³-hybridized carbons (Fsp3) is 0. The molecule has 0 unspecified atom stereocenters. The van der Waals surface area contributed by atoms with Gasteiger partial charge in [0.15, 0.2) is 0 Å². The Kier molecular flexibility index (Phi) is 4.96. The first-order valence-corrected chi connectivity index (χ1v) is 8.02. The first kappa shape index (κ1) is 16.3. The van der Waals surface area contributed by atoms with Crippen molar-refractivity contribution >= 4 is 34.3 Å². The minimum atomic E-state index is 0.420. The number of aromatic nitrogens is 1. The Labute approximate surface area is 150 Å². The van der Waals surface area contributed by atoms with E-state index in [-0.39, 0.29) is 0 Å². The van der Waals surface area contributed by atoms with Crippen molar-refractivity contribution in [2.45, 2.75) is 0 Å². The third-order valence-electron chi connectivity index (χ3n) is 3.60. The minimum Gasteiger partial charge on any atom is -0.265 e. The van der Waals surface area contributed by atoms with Gasteiger partial charge in [-0.05, 0) is 41.0 Å². The lowest BCUT2D eigenvalue weighted by Gasteiger charge is -2.12. The van der Waals surface area contributed by atoms with Crippen LogP contribution in [0.3, 0.4) is 0 Å². The van der Waals surface area contributed by atoms with Gasteiger partial charge in [0.25, 0.3) is 0 Å². The van der Waals surface area contributed by atoms with Crippen molar-refractivity contribution < 1.29 is 0 Å². The molecule has 1 aromatic heterocycles. The zero-order chi connectivity index (χ0) is 16.9. The SMILES string of the molecule is N#C/C(=C(/c1ccccc1)c1ccncc1)c1ccc(Cl)c(Cl)c1. The Morgan fingerprint density at radius 2 is 1.46 bits per heavy atom. The van der Waals surface area contributed by atoms with Crippen molar-refractivity contribution in [1.82, 2.24) is 4.98 Å². The molecule has 2 nitrogen and oxygen atoms in total. The maximum Gasteiger partial charge on any atom is 0.100 e. The molecule has 0 fully saturated rings. The zero-order valence-corrected chi connectivity index (χ0v) is 14.1. The summed E-state index contributed by atoms with van der Waals surface area (Å²) in [6.45, 7) is 0. The quantitative estimate of drug-likeness (QED) is 0.437. The van der Waals surface area contributed by atoms with Crippen molar-refractivity contribution in [1.29, 1.82) is 5.26 Å². The number of hydrogen-bond donors (Lipinski definition) is 0. The molecule has 0 atom stereocenters. The van der Waals surface area contributed by atoms with Crippen LogP contribution in [0.5, 0.6) is 0 Å². The molecule has 0 aliphatic heterocycles. The summed E-state index contributed by atoms with van der Waals surface area (Å²) in [6.07, 6.45) is 3.42. The van der Waals surface area contributed by atoms with Crippen LogP contribution >= 0.6 is 23.2 Å². The highest BCUT2D eigenvalue weighted by Crippen LogP contribution is 2.34. The molecule has 24 heavy (non-hydrogen) atoms. The Morgan fingerprint density at radius 1 is 0.792 bits per heavy atom. The normalized spacial score (nSPS) is 11.5. The average Bonchev–Trinajstić information content (AvgIpc) is 2.63. The fourth-order valence-corrected chi connectivity index (χ4v) is 2.79. The highest BCUT2D eigenvalue weighted by Gasteiger charge is 2.14. The van der Waals surface area contributed by atoms with E-state index >= 15 is 0 Å². The molecule has 0 amide bonds. The van der Waals surface area contributed by atoms with Gasteiger partial charge in [-0.1, -0.05) is 59.6 Å². The second-order valence-electron chi connectivity index (χ2n) is 5.09. The standard InChI is InChI=1S/C20H12Cl2N2/c21-18-7-6-16(12-19(18)22)17(13-23)20(14-4-2-1-3-5-14)15-8-10-24-11-9-15/h1-12H/b20-17+. The van der Waals surface area contributed by atoms with Crippen LogP contribution < -0.4 is 0 Å². The minimum absolute atomic E-state index is 0.420. The average molecular weight is 351 g/mol. The third kappa shape index (κ3) is 3.33. The van der Waals surface area contributed by atoms with Gasteiger partial charge in [-0.25, -0.2) is 0 Å². The second-order valence-corrected chi connectivity index (χ2v) is 5.91. The van der Waals surface area contributed by atoms with E-state index in [0.29, 0.717) is 15.6 Å². The van der Waals surface area contributed by atoms with Crippen molar-refractivity contribution in [3.8, 4) is 6.07 Å². The van der Waals surface area contributed by atoms with E-state index in [1.807, 2.05) is 42.5 Å². The number of hydrogen-bond acceptors (Lipinski definition) is 2. The summed E-state index contributed by atoms with van der Waals surface area (Å²) in [5, 5.41) is 10.7. The number of nitrogens with zero attached hydrogens (tertiary/aromatic N) is 2. The fourth-order valence-electron chi connectivity index (χ4n) is 2.50. The van der Waals surface area contributed by atoms with E-state index in [1.165, 1.54) is 0 Å². The maximum absolute atomic E-state index is 9.83. The van der Waals surface area contributed by atoms with Crippen molar-refractivity contribution in [2.24, 2.45) is 0 Å². The number of halogens is 2. The Hall–Kier alpha value is -2.60. The molecule has 0 aliphatic carbocycles. The van der Waals surface area contributed by atoms with Crippen molar-refractivity contribution in [3.63, 3.8) is 0 Å². The molecule has 0 N–H and O–H groups in total. The Balaban J connectivity index is 2.31. The lowest BCUT2D eigenvalue weighted by atomic mass is 9.90. The van der Waals surface area contributed by atoms with Gasteiger partial charge in [-0.15, -0.1) is 0 Å². The van der Waals surface area contributed by atoms with E-state index in [1.54, 1.807) is 30.6 Å². The molecule has 2 aromatic carbocycles. The predicted molar refractivity (Wildman–Crippen MR) is 98.7 cm³/mol. The number of allylic oxidation sites excluding steroid dienone is 1. The molecule has 0 spiro atoms. The maximum atomic E-state index is 9.83. The molecule has 0 radical (unpaired) electrons. The molecule has 0 aliphatic rings. The van der Waals surface area contributed by atoms with Crippen molar-refractivity contribution in [3.05, 3.63) is 99.8 Å². The summed E-state index contributed by atoms with van der Waals surface area (Å²) in [6, 6.07) is 21.1. The van der Waals surface area contributed by atoms with Crippen LogP contribution in [-0.2, 0) is 0 Å². The van der Waals surface area contributed by atoms with E-state index in [2.05, 4.69) is 11.1 Å². The Morgan fingerprint density at radius 3 is 2.08 bits per heavy atom. The van der Waals surface area contributed by atoms with Crippen LogP contribution in [0.15, 0.2) is 73.1 Å². The van der Waals surface area contributed by atoms with Gasteiger partial charge in [-0.2, -0.15) is 5.26 Å². The van der Waals surface area contributed by atoms with Gasteiger partial charge >= 0.3 is 0 Å². The molecule has 0 bridgehead atoms.